The van der Waals surface area contributed by atoms with Gasteiger partial charge in [-0.15, -0.1) is 0 Å². The number of benzene rings is 1. The summed E-state index contributed by atoms with van der Waals surface area (Å²) in [4.78, 5) is 11.8. The number of alkyl halides is 3. The van der Waals surface area contributed by atoms with Crippen LogP contribution in [0, 0.1) is 5.82 Å². The highest BCUT2D eigenvalue weighted by Crippen LogP contribution is 2.54. The average molecular weight is 501 g/mol. The van der Waals surface area contributed by atoms with E-state index < -0.39 is 56.7 Å². The summed E-state index contributed by atoms with van der Waals surface area (Å²) in [6.45, 7) is -0.816. The van der Waals surface area contributed by atoms with Gasteiger partial charge in [0.1, 0.15) is 33.5 Å². The van der Waals surface area contributed by atoms with E-state index in [-0.39, 0.29) is 35.7 Å². The van der Waals surface area contributed by atoms with Crippen molar-refractivity contribution in [3.8, 4) is 5.88 Å². The number of aromatic nitrogens is 2. The second kappa shape index (κ2) is 8.71. The predicted molar refractivity (Wildman–Crippen MR) is 115 cm³/mol. The highest BCUT2D eigenvalue weighted by molar-refractivity contribution is 7.95. The first-order valence-electron chi connectivity index (χ1n) is 10.3. The molecule has 4 rings (SSSR count). The lowest BCUT2D eigenvalue weighted by Crippen LogP contribution is -2.58. The van der Waals surface area contributed by atoms with Gasteiger partial charge in [0.15, 0.2) is 16.4 Å². The number of ether oxygens (including phenoxy) is 1. The molecule has 1 aromatic heterocycles. The summed E-state index contributed by atoms with van der Waals surface area (Å²) in [5.74, 6) is -2.05. The van der Waals surface area contributed by atoms with E-state index in [0.717, 1.165) is 24.5 Å². The third kappa shape index (κ3) is 3.58. The summed E-state index contributed by atoms with van der Waals surface area (Å²) in [6, 6.07) is 4.33. The van der Waals surface area contributed by atoms with Crippen molar-refractivity contribution in [2.45, 2.75) is 41.7 Å². The second-order valence-corrected chi connectivity index (χ2v) is 10.7. The fraction of sp³-hybridized carbons (Fsp3) is 0.409. The summed E-state index contributed by atoms with van der Waals surface area (Å²) >= 11 is 0. The van der Waals surface area contributed by atoms with Crippen molar-refractivity contribution in [1.82, 2.24) is 9.97 Å². The molecule has 1 fully saturated rings. The topological polar surface area (TPSA) is 81.5 Å². The van der Waals surface area contributed by atoms with Crippen LogP contribution in [0.15, 0.2) is 47.7 Å². The van der Waals surface area contributed by atoms with Crippen molar-refractivity contribution < 1.29 is 35.1 Å². The molecule has 1 aromatic carbocycles. The van der Waals surface area contributed by atoms with Crippen molar-refractivity contribution in [3.05, 3.63) is 59.8 Å². The van der Waals surface area contributed by atoms with Crippen LogP contribution in [0.4, 0.5) is 22.0 Å². The number of hydrogen-bond donors (Lipinski definition) is 0. The van der Waals surface area contributed by atoms with Gasteiger partial charge >= 0.3 is 0 Å². The Bertz CT molecular complexity index is 1250. The minimum atomic E-state index is -4.44. The molecule has 3 atom stereocenters. The van der Waals surface area contributed by atoms with Gasteiger partial charge in [0.25, 0.3) is 6.43 Å². The fourth-order valence-electron chi connectivity index (χ4n) is 4.52. The van der Waals surface area contributed by atoms with Gasteiger partial charge in [-0.05, 0) is 31.9 Å². The Balaban J connectivity index is 1.76. The van der Waals surface area contributed by atoms with Crippen LogP contribution < -0.4 is 4.74 Å². The average Bonchev–Trinajstić information content (AvgIpc) is 2.94. The van der Waals surface area contributed by atoms with Gasteiger partial charge in [-0.1, -0.05) is 18.2 Å². The summed E-state index contributed by atoms with van der Waals surface area (Å²) in [5.41, 5.74) is -0.675. The number of fused-ring (bicyclic) bond motifs is 2. The molecule has 2 bridgehead atoms. The highest BCUT2D eigenvalue weighted by atomic mass is 32.2. The molecule has 12 heteroatoms. The molecular formula is C22H20F5N3O3S. The summed E-state index contributed by atoms with van der Waals surface area (Å²) < 4.78 is 96.8. The van der Waals surface area contributed by atoms with Crippen LogP contribution in [-0.4, -0.2) is 59.3 Å². The number of nitrogens with zero attached hydrogens (tertiary/aromatic N) is 3. The maximum Gasteiger partial charge on any atom is 0.272 e. The van der Waals surface area contributed by atoms with Crippen LogP contribution in [0.1, 0.15) is 31.0 Å². The minimum Gasteiger partial charge on any atom is -0.470 e. The molecule has 0 saturated carbocycles. The fourth-order valence-corrected chi connectivity index (χ4v) is 7.31. The second-order valence-electron chi connectivity index (χ2n) is 8.15. The van der Waals surface area contributed by atoms with Gasteiger partial charge in [-0.2, -0.15) is 0 Å². The number of hydrogen-bond acceptors (Lipinski definition) is 6. The molecule has 2 aliphatic rings. The Kier molecular flexibility index (Phi) is 6.21. The Morgan fingerprint density at radius 1 is 1.24 bits per heavy atom. The van der Waals surface area contributed by atoms with Crippen molar-refractivity contribution in [1.29, 1.82) is 0 Å². The van der Waals surface area contributed by atoms with E-state index in [4.69, 9.17) is 0 Å². The van der Waals surface area contributed by atoms with Crippen molar-refractivity contribution in [2.75, 3.05) is 13.3 Å². The SMILES string of the molecule is CC1N=C(c2ccccc2F)C2(CF)CCC1(/C=C(\F)c1cnc(OCC(F)F)cn1)S2(=O)=O. The third-order valence-electron chi connectivity index (χ3n) is 6.34. The predicted octanol–water partition coefficient (Wildman–Crippen LogP) is 4.12. The van der Waals surface area contributed by atoms with Crippen LogP contribution >= 0.6 is 0 Å². The Hall–Kier alpha value is -2.89. The smallest absolute Gasteiger partial charge is 0.272 e. The van der Waals surface area contributed by atoms with Gasteiger partial charge in [-0.25, -0.2) is 40.3 Å². The maximum absolute atomic E-state index is 15.2. The van der Waals surface area contributed by atoms with Crippen LogP contribution in [0.25, 0.3) is 5.83 Å². The lowest BCUT2D eigenvalue weighted by atomic mass is 9.90. The van der Waals surface area contributed by atoms with Gasteiger partial charge in [0.05, 0.1) is 24.1 Å². The quantitative estimate of drug-likeness (QED) is 0.534. The van der Waals surface area contributed by atoms with Crippen LogP contribution in [0.5, 0.6) is 5.88 Å². The Morgan fingerprint density at radius 3 is 2.59 bits per heavy atom. The van der Waals surface area contributed by atoms with E-state index in [2.05, 4.69) is 19.7 Å². The summed E-state index contributed by atoms with van der Waals surface area (Å²) in [7, 11) is -4.44. The molecule has 3 unspecified atom stereocenters. The molecule has 0 N–H and O–H groups in total. The van der Waals surface area contributed by atoms with Gasteiger partial charge in [-0.3, -0.25) is 4.99 Å². The lowest BCUT2D eigenvalue weighted by molar-refractivity contribution is 0.0793. The standard InChI is InChI=1S/C22H20F5N3O3S/c1-13-21(8-16(25)17-9-29-19(10-28-17)33-11-18(26)27)6-7-22(12-23,34(21,31)32)20(30-13)14-4-2-3-5-15(14)24/h2-5,8-10,13,18H,6-7,11-12H2,1H3/b16-8-. The molecule has 0 radical (unpaired) electrons. The van der Waals surface area contributed by atoms with Crippen LogP contribution in [0.2, 0.25) is 0 Å². The van der Waals surface area contributed by atoms with Crippen molar-refractivity contribution in [3.63, 3.8) is 0 Å². The maximum atomic E-state index is 15.2. The number of rotatable bonds is 7. The minimum absolute atomic E-state index is 0.110. The molecule has 3 heterocycles. The molecular weight excluding hydrogens is 481 g/mol. The summed E-state index contributed by atoms with van der Waals surface area (Å²) in [6.07, 6.45) is -0.401. The van der Waals surface area contributed by atoms with Crippen LogP contribution in [-0.2, 0) is 9.84 Å². The molecule has 182 valence electrons. The molecule has 2 aromatic rings. The Morgan fingerprint density at radius 2 is 1.97 bits per heavy atom. The van der Waals surface area contributed by atoms with Gasteiger partial charge < -0.3 is 4.74 Å². The van der Waals surface area contributed by atoms with Crippen LogP contribution in [0.3, 0.4) is 0 Å². The Labute approximate surface area is 192 Å². The zero-order chi connectivity index (χ0) is 24.7. The molecule has 0 aliphatic carbocycles. The van der Waals surface area contributed by atoms with E-state index >= 15 is 4.39 Å². The van der Waals surface area contributed by atoms with Crippen molar-refractivity contribution >= 4 is 21.4 Å². The van der Waals surface area contributed by atoms with E-state index in [9.17, 15) is 26.0 Å². The van der Waals surface area contributed by atoms with E-state index in [1.807, 2.05) is 0 Å². The van der Waals surface area contributed by atoms with Gasteiger partial charge in [0, 0.05) is 5.56 Å². The normalized spacial score (nSPS) is 28.1. The summed E-state index contributed by atoms with van der Waals surface area (Å²) in [5, 5.41) is 0. The zero-order valence-electron chi connectivity index (χ0n) is 17.9. The number of sulfone groups is 1. The number of aliphatic imine (C=N–C) groups is 1. The number of halogens is 5. The van der Waals surface area contributed by atoms with Gasteiger partial charge in [0.2, 0.25) is 5.88 Å². The first-order chi connectivity index (χ1) is 16.1. The molecule has 2 aliphatic heterocycles. The van der Waals surface area contributed by atoms with E-state index in [1.54, 1.807) is 0 Å². The molecule has 34 heavy (non-hydrogen) atoms. The first-order valence-corrected chi connectivity index (χ1v) is 11.8. The van der Waals surface area contributed by atoms with Crippen molar-refractivity contribution in [2.24, 2.45) is 4.99 Å². The zero-order valence-corrected chi connectivity index (χ0v) is 18.7. The largest absolute Gasteiger partial charge is 0.470 e. The highest BCUT2D eigenvalue weighted by Gasteiger charge is 2.69. The first kappa shape index (κ1) is 24.2. The molecule has 6 nitrogen and oxygen atoms in total. The molecule has 1 saturated heterocycles. The molecule has 0 amide bonds. The third-order valence-corrected chi connectivity index (χ3v) is 9.54. The molecule has 0 spiro atoms. The monoisotopic (exact) mass is 501 g/mol. The van der Waals surface area contributed by atoms with E-state index in [1.165, 1.54) is 25.1 Å². The van der Waals surface area contributed by atoms with E-state index in [0.29, 0.717) is 0 Å². The lowest BCUT2D eigenvalue weighted by Gasteiger charge is -2.39.